The minimum Gasteiger partial charge on any atom is -0.384 e. The first-order valence-corrected chi connectivity index (χ1v) is 8.46. The molecular formula is C17H16Br2O. The second kappa shape index (κ2) is 6.00. The third-order valence-corrected chi connectivity index (χ3v) is 4.92. The Morgan fingerprint density at radius 1 is 0.950 bits per heavy atom. The quantitative estimate of drug-likeness (QED) is 0.721. The molecule has 0 saturated heterocycles. The van der Waals surface area contributed by atoms with Crippen molar-refractivity contribution in [3.05, 3.63) is 68.1 Å². The molecule has 104 valence electrons. The van der Waals surface area contributed by atoms with E-state index in [1.807, 2.05) is 24.3 Å². The van der Waals surface area contributed by atoms with Crippen LogP contribution >= 0.6 is 31.9 Å². The van der Waals surface area contributed by atoms with Crippen LogP contribution < -0.4 is 0 Å². The summed E-state index contributed by atoms with van der Waals surface area (Å²) in [7, 11) is 0. The summed E-state index contributed by atoms with van der Waals surface area (Å²) in [5.41, 5.74) is 3.23. The van der Waals surface area contributed by atoms with E-state index in [0.717, 1.165) is 20.1 Å². The maximum absolute atomic E-state index is 10.6. The molecule has 0 amide bonds. The van der Waals surface area contributed by atoms with E-state index in [-0.39, 0.29) is 0 Å². The smallest absolute Gasteiger partial charge is 0.104 e. The molecule has 0 spiro atoms. The minimum absolute atomic E-state index is 0.580. The van der Waals surface area contributed by atoms with E-state index < -0.39 is 6.10 Å². The number of benzene rings is 2. The van der Waals surface area contributed by atoms with Gasteiger partial charge in [-0.2, -0.15) is 0 Å². The molecule has 1 aliphatic carbocycles. The molecule has 3 rings (SSSR count). The van der Waals surface area contributed by atoms with Gasteiger partial charge in [-0.1, -0.05) is 62.5 Å². The van der Waals surface area contributed by atoms with Gasteiger partial charge in [0.25, 0.3) is 0 Å². The van der Waals surface area contributed by atoms with Crippen LogP contribution in [0.5, 0.6) is 0 Å². The second-order valence-corrected chi connectivity index (χ2v) is 7.23. The average molecular weight is 396 g/mol. The normalized spacial score (nSPS) is 16.8. The van der Waals surface area contributed by atoms with Crippen molar-refractivity contribution in [1.29, 1.82) is 0 Å². The van der Waals surface area contributed by atoms with Gasteiger partial charge in [-0.15, -0.1) is 0 Å². The van der Waals surface area contributed by atoms with E-state index in [1.54, 1.807) is 0 Å². The predicted molar refractivity (Wildman–Crippen MR) is 88.9 cm³/mol. The largest absolute Gasteiger partial charge is 0.384 e. The first-order valence-electron chi connectivity index (χ1n) is 6.87. The standard InChI is InChI=1S/C17H16Br2O/c18-15-8-14(9-16(19)10-15)17(20)13-6-2-5-12(7-13)11-3-1-4-11/h2,5-11,17,20H,1,3-4H2. The van der Waals surface area contributed by atoms with Crippen LogP contribution in [0.25, 0.3) is 0 Å². The first kappa shape index (κ1) is 14.3. The van der Waals surface area contributed by atoms with Crippen LogP contribution in [0.1, 0.15) is 48.0 Å². The van der Waals surface area contributed by atoms with Crippen LogP contribution in [0.2, 0.25) is 0 Å². The molecule has 1 fully saturated rings. The summed E-state index contributed by atoms with van der Waals surface area (Å²) in [6.45, 7) is 0. The lowest BCUT2D eigenvalue weighted by Gasteiger charge is -2.26. The Morgan fingerprint density at radius 3 is 2.25 bits per heavy atom. The van der Waals surface area contributed by atoms with Crippen molar-refractivity contribution in [1.82, 2.24) is 0 Å². The van der Waals surface area contributed by atoms with Gasteiger partial charge in [0.1, 0.15) is 6.10 Å². The van der Waals surface area contributed by atoms with Gasteiger partial charge in [0, 0.05) is 8.95 Å². The molecule has 1 atom stereocenters. The topological polar surface area (TPSA) is 20.2 Å². The SMILES string of the molecule is OC(c1cc(Br)cc(Br)c1)c1cccc(C2CCC2)c1. The van der Waals surface area contributed by atoms with Gasteiger partial charge in [-0.3, -0.25) is 0 Å². The van der Waals surface area contributed by atoms with Crippen molar-refractivity contribution in [2.24, 2.45) is 0 Å². The number of aliphatic hydroxyl groups is 1. The monoisotopic (exact) mass is 394 g/mol. The number of hydrogen-bond donors (Lipinski definition) is 1. The maximum atomic E-state index is 10.6. The summed E-state index contributed by atoms with van der Waals surface area (Å²) >= 11 is 6.94. The highest BCUT2D eigenvalue weighted by Gasteiger charge is 2.20. The van der Waals surface area contributed by atoms with Crippen molar-refractivity contribution in [3.63, 3.8) is 0 Å². The fourth-order valence-corrected chi connectivity index (χ4v) is 3.98. The molecule has 0 aliphatic heterocycles. The molecule has 0 bridgehead atoms. The van der Waals surface area contributed by atoms with Gasteiger partial charge in [0.05, 0.1) is 0 Å². The Bertz CT molecular complexity index is 600. The molecule has 20 heavy (non-hydrogen) atoms. The molecule has 1 saturated carbocycles. The first-order chi connectivity index (χ1) is 9.63. The van der Waals surface area contributed by atoms with Crippen LogP contribution in [-0.2, 0) is 0 Å². The Balaban J connectivity index is 1.91. The van der Waals surface area contributed by atoms with Crippen LogP contribution in [0.3, 0.4) is 0 Å². The van der Waals surface area contributed by atoms with Crippen molar-refractivity contribution >= 4 is 31.9 Å². The van der Waals surface area contributed by atoms with Gasteiger partial charge in [-0.25, -0.2) is 0 Å². The summed E-state index contributed by atoms with van der Waals surface area (Å²) in [5.74, 6) is 0.691. The van der Waals surface area contributed by atoms with Crippen molar-refractivity contribution in [2.45, 2.75) is 31.3 Å². The fraction of sp³-hybridized carbons (Fsp3) is 0.294. The lowest BCUT2D eigenvalue weighted by molar-refractivity contribution is 0.220. The summed E-state index contributed by atoms with van der Waals surface area (Å²) < 4.78 is 1.94. The molecule has 0 heterocycles. The average Bonchev–Trinajstić information content (AvgIpc) is 2.35. The van der Waals surface area contributed by atoms with Gasteiger partial charge in [-0.05, 0) is 53.6 Å². The highest BCUT2D eigenvalue weighted by Crippen LogP contribution is 2.37. The number of halogens is 2. The molecule has 1 aliphatic rings. The van der Waals surface area contributed by atoms with E-state index >= 15 is 0 Å². The highest BCUT2D eigenvalue weighted by atomic mass is 79.9. The van der Waals surface area contributed by atoms with Gasteiger partial charge in [0.2, 0.25) is 0 Å². The van der Waals surface area contributed by atoms with Crippen LogP contribution in [0, 0.1) is 0 Å². The molecular weight excluding hydrogens is 380 g/mol. The molecule has 1 nitrogen and oxygen atoms in total. The number of rotatable bonds is 3. The minimum atomic E-state index is -0.580. The van der Waals surface area contributed by atoms with Crippen LogP contribution in [0.4, 0.5) is 0 Å². The fourth-order valence-electron chi connectivity index (χ4n) is 2.65. The zero-order valence-electron chi connectivity index (χ0n) is 11.0. The van der Waals surface area contributed by atoms with E-state index in [0.29, 0.717) is 5.92 Å². The third-order valence-electron chi connectivity index (χ3n) is 4.00. The van der Waals surface area contributed by atoms with Crippen molar-refractivity contribution < 1.29 is 5.11 Å². The highest BCUT2D eigenvalue weighted by molar-refractivity contribution is 9.11. The van der Waals surface area contributed by atoms with Gasteiger partial charge >= 0.3 is 0 Å². The number of hydrogen-bond acceptors (Lipinski definition) is 1. The Labute approximate surface area is 136 Å². The molecule has 0 radical (unpaired) electrons. The lowest BCUT2D eigenvalue weighted by Crippen LogP contribution is -2.09. The lowest BCUT2D eigenvalue weighted by atomic mass is 9.79. The van der Waals surface area contributed by atoms with Crippen LogP contribution in [-0.4, -0.2) is 5.11 Å². The Morgan fingerprint density at radius 2 is 1.65 bits per heavy atom. The maximum Gasteiger partial charge on any atom is 0.104 e. The molecule has 3 heteroatoms. The van der Waals surface area contributed by atoms with E-state index in [4.69, 9.17) is 0 Å². The van der Waals surface area contributed by atoms with Crippen molar-refractivity contribution in [2.75, 3.05) is 0 Å². The molecule has 1 unspecified atom stereocenters. The van der Waals surface area contributed by atoms with Gasteiger partial charge in [0.15, 0.2) is 0 Å². The molecule has 0 aromatic heterocycles. The second-order valence-electron chi connectivity index (χ2n) is 5.40. The van der Waals surface area contributed by atoms with Crippen LogP contribution in [0.15, 0.2) is 51.4 Å². The third kappa shape index (κ3) is 3.00. The summed E-state index contributed by atoms with van der Waals surface area (Å²) in [5, 5.41) is 10.6. The molecule has 2 aromatic rings. The summed E-state index contributed by atoms with van der Waals surface area (Å²) in [6, 6.07) is 14.3. The summed E-state index contributed by atoms with van der Waals surface area (Å²) in [6.07, 6.45) is 3.31. The Hall–Kier alpha value is -0.640. The zero-order valence-corrected chi connectivity index (χ0v) is 14.2. The predicted octanol–water partition coefficient (Wildman–Crippen LogP) is 5.56. The Kier molecular flexibility index (Phi) is 4.29. The van der Waals surface area contributed by atoms with E-state index in [1.165, 1.54) is 24.8 Å². The molecule has 2 aromatic carbocycles. The zero-order chi connectivity index (χ0) is 14.1. The van der Waals surface area contributed by atoms with Crippen molar-refractivity contribution in [3.8, 4) is 0 Å². The molecule has 1 N–H and O–H groups in total. The number of aliphatic hydroxyl groups excluding tert-OH is 1. The van der Waals surface area contributed by atoms with Gasteiger partial charge < -0.3 is 5.11 Å². The van der Waals surface area contributed by atoms with E-state index in [9.17, 15) is 5.11 Å². The van der Waals surface area contributed by atoms with E-state index in [2.05, 4.69) is 50.1 Å². The summed E-state index contributed by atoms with van der Waals surface area (Å²) in [4.78, 5) is 0.